The number of piperazine rings is 1. The zero-order chi connectivity index (χ0) is 19.4. The van der Waals surface area contributed by atoms with Crippen molar-refractivity contribution in [2.24, 2.45) is 0 Å². The average molecular weight is 423 g/mol. The van der Waals surface area contributed by atoms with Crippen molar-refractivity contribution in [3.05, 3.63) is 59.1 Å². The van der Waals surface area contributed by atoms with Crippen molar-refractivity contribution < 1.29 is 14.3 Å². The van der Waals surface area contributed by atoms with Gasteiger partial charge in [-0.05, 0) is 30.3 Å². The Morgan fingerprint density at radius 2 is 1.61 bits per heavy atom. The summed E-state index contributed by atoms with van der Waals surface area (Å²) in [6, 6.07) is 14.9. The van der Waals surface area contributed by atoms with Crippen molar-refractivity contribution in [1.29, 1.82) is 0 Å². The van der Waals surface area contributed by atoms with Gasteiger partial charge in [0.05, 0.1) is 0 Å². The Bertz CT molecular complexity index is 819. The Balaban J connectivity index is 0.00000280. The van der Waals surface area contributed by atoms with Crippen LogP contribution in [0.5, 0.6) is 0 Å². The molecule has 2 aromatic rings. The second kappa shape index (κ2) is 9.92. The van der Waals surface area contributed by atoms with Gasteiger partial charge in [0.1, 0.15) is 0 Å². The van der Waals surface area contributed by atoms with Crippen LogP contribution in [0.4, 0.5) is 0 Å². The summed E-state index contributed by atoms with van der Waals surface area (Å²) in [4.78, 5) is 28.9. The number of halogens is 2. The van der Waals surface area contributed by atoms with Crippen LogP contribution in [0, 0.1) is 0 Å². The molecule has 7 heteroatoms. The molecule has 0 aromatic heterocycles. The molecule has 1 aliphatic heterocycles. The van der Waals surface area contributed by atoms with E-state index in [1.54, 1.807) is 17.0 Å². The lowest BCUT2D eigenvalue weighted by atomic mass is 9.95. The average Bonchev–Trinajstić information content (AvgIpc) is 2.67. The summed E-state index contributed by atoms with van der Waals surface area (Å²) in [5.41, 5.74) is 2.44. The maximum absolute atomic E-state index is 13.2. The number of carbonyl (C=O) groups excluding carboxylic acids is 2. The fraction of sp³-hybridized carbons (Fsp3) is 0.333. The molecule has 0 radical (unpaired) electrons. The number of hydrogen-bond acceptors (Lipinski definition) is 4. The minimum atomic E-state index is -0.960. The largest absolute Gasteiger partial charge is 0.447 e. The first-order chi connectivity index (χ1) is 13.0. The molecule has 0 spiro atoms. The number of ether oxygens (including phenoxy) is 1. The number of esters is 1. The van der Waals surface area contributed by atoms with E-state index in [0.717, 1.165) is 24.2 Å². The molecule has 1 aliphatic rings. The molecular weight excluding hydrogens is 399 g/mol. The van der Waals surface area contributed by atoms with Crippen molar-refractivity contribution in [1.82, 2.24) is 9.80 Å². The lowest BCUT2D eigenvalue weighted by Gasteiger charge is -2.34. The summed E-state index contributed by atoms with van der Waals surface area (Å²) in [6.45, 7) is 4.18. The molecule has 1 fully saturated rings. The van der Waals surface area contributed by atoms with Crippen molar-refractivity contribution in [3.63, 3.8) is 0 Å². The number of carbonyl (C=O) groups is 2. The summed E-state index contributed by atoms with van der Waals surface area (Å²) in [5, 5.41) is 0.640. The number of benzene rings is 2. The smallest absolute Gasteiger partial charge is 0.303 e. The molecule has 1 unspecified atom stereocenters. The van der Waals surface area contributed by atoms with E-state index >= 15 is 0 Å². The number of amides is 1. The number of hydrogen-bond donors (Lipinski definition) is 0. The van der Waals surface area contributed by atoms with E-state index in [1.165, 1.54) is 6.92 Å². The highest BCUT2D eigenvalue weighted by Crippen LogP contribution is 2.32. The molecule has 1 atom stereocenters. The molecular formula is C21H24Cl2N2O3. The molecule has 28 heavy (non-hydrogen) atoms. The Kier molecular flexibility index (Phi) is 7.87. The Morgan fingerprint density at radius 3 is 2.21 bits per heavy atom. The van der Waals surface area contributed by atoms with Gasteiger partial charge in [-0.15, -0.1) is 12.4 Å². The van der Waals surface area contributed by atoms with Gasteiger partial charge in [-0.25, -0.2) is 0 Å². The Morgan fingerprint density at radius 1 is 1.00 bits per heavy atom. The summed E-state index contributed by atoms with van der Waals surface area (Å²) in [6.07, 6.45) is -0.960. The lowest BCUT2D eigenvalue weighted by Crippen LogP contribution is -2.49. The number of rotatable bonds is 4. The van der Waals surface area contributed by atoms with Crippen molar-refractivity contribution in [2.45, 2.75) is 13.0 Å². The van der Waals surface area contributed by atoms with Gasteiger partial charge in [-0.2, -0.15) is 0 Å². The molecule has 1 heterocycles. The van der Waals surface area contributed by atoms with E-state index in [4.69, 9.17) is 16.3 Å². The van der Waals surface area contributed by atoms with E-state index in [0.29, 0.717) is 23.7 Å². The molecule has 2 aromatic carbocycles. The standard InChI is InChI=1S/C21H23ClN2O3.ClH/c1-15(25)27-20(21(26)24-13-11-23(2)12-14-24)19-6-4-3-5-18(19)16-7-9-17(22)10-8-16;/h3-10,20H,11-14H2,1-2H3;1H. The second-order valence-electron chi connectivity index (χ2n) is 6.71. The first-order valence-corrected chi connectivity index (χ1v) is 9.33. The van der Waals surface area contributed by atoms with Gasteiger partial charge in [0.2, 0.25) is 6.10 Å². The zero-order valence-corrected chi connectivity index (χ0v) is 17.5. The molecule has 1 saturated heterocycles. The van der Waals surface area contributed by atoms with Gasteiger partial charge >= 0.3 is 5.97 Å². The first kappa shape index (κ1) is 22.2. The number of nitrogens with zero attached hydrogens (tertiary/aromatic N) is 2. The summed E-state index contributed by atoms with van der Waals surface area (Å²) >= 11 is 6.00. The highest BCUT2D eigenvalue weighted by atomic mass is 35.5. The van der Waals surface area contributed by atoms with Crippen LogP contribution in [0.2, 0.25) is 5.02 Å². The van der Waals surface area contributed by atoms with E-state index < -0.39 is 12.1 Å². The quantitative estimate of drug-likeness (QED) is 0.702. The summed E-state index contributed by atoms with van der Waals surface area (Å²) < 4.78 is 5.49. The Labute approximate surface area is 176 Å². The minimum Gasteiger partial charge on any atom is -0.447 e. The van der Waals surface area contributed by atoms with Gasteiger partial charge in [0.15, 0.2) is 0 Å². The van der Waals surface area contributed by atoms with E-state index in [-0.39, 0.29) is 18.3 Å². The van der Waals surface area contributed by atoms with Crippen molar-refractivity contribution in [3.8, 4) is 11.1 Å². The van der Waals surface area contributed by atoms with Crippen LogP contribution in [0.3, 0.4) is 0 Å². The molecule has 0 saturated carbocycles. The maximum Gasteiger partial charge on any atom is 0.303 e. The first-order valence-electron chi connectivity index (χ1n) is 8.95. The molecule has 5 nitrogen and oxygen atoms in total. The van der Waals surface area contributed by atoms with Gasteiger partial charge in [0.25, 0.3) is 5.91 Å². The topological polar surface area (TPSA) is 49.9 Å². The third-order valence-corrected chi connectivity index (χ3v) is 4.97. The zero-order valence-electron chi connectivity index (χ0n) is 15.9. The van der Waals surface area contributed by atoms with Gasteiger partial charge in [-0.3, -0.25) is 9.59 Å². The predicted octanol–water partition coefficient (Wildman–Crippen LogP) is 3.81. The molecule has 150 valence electrons. The number of likely N-dealkylation sites (N-methyl/N-ethyl adjacent to an activating group) is 1. The molecule has 0 N–H and O–H groups in total. The normalized spacial score (nSPS) is 15.5. The monoisotopic (exact) mass is 422 g/mol. The summed E-state index contributed by atoms with van der Waals surface area (Å²) in [5.74, 6) is -0.659. The lowest BCUT2D eigenvalue weighted by molar-refractivity contribution is -0.160. The van der Waals surface area contributed by atoms with E-state index in [1.807, 2.05) is 43.4 Å². The highest BCUT2D eigenvalue weighted by Gasteiger charge is 2.32. The molecule has 1 amide bonds. The summed E-state index contributed by atoms with van der Waals surface area (Å²) in [7, 11) is 2.03. The van der Waals surface area contributed by atoms with E-state index in [9.17, 15) is 9.59 Å². The van der Waals surface area contributed by atoms with Crippen LogP contribution in [-0.4, -0.2) is 54.9 Å². The third-order valence-electron chi connectivity index (χ3n) is 4.72. The Hall–Kier alpha value is -2.08. The van der Waals surface area contributed by atoms with Crippen LogP contribution in [0.1, 0.15) is 18.6 Å². The van der Waals surface area contributed by atoms with Crippen LogP contribution in [0.15, 0.2) is 48.5 Å². The van der Waals surface area contributed by atoms with Gasteiger partial charge in [-0.1, -0.05) is 48.0 Å². The van der Waals surface area contributed by atoms with Crippen LogP contribution >= 0.6 is 24.0 Å². The predicted molar refractivity (Wildman–Crippen MR) is 113 cm³/mol. The fourth-order valence-corrected chi connectivity index (χ4v) is 3.35. The fourth-order valence-electron chi connectivity index (χ4n) is 3.22. The minimum absolute atomic E-state index is 0. The van der Waals surface area contributed by atoms with E-state index in [2.05, 4.69) is 4.90 Å². The van der Waals surface area contributed by atoms with Crippen LogP contribution in [0.25, 0.3) is 11.1 Å². The van der Waals surface area contributed by atoms with Gasteiger partial charge < -0.3 is 14.5 Å². The maximum atomic E-state index is 13.2. The van der Waals surface area contributed by atoms with Crippen LogP contribution < -0.4 is 0 Å². The van der Waals surface area contributed by atoms with Crippen molar-refractivity contribution in [2.75, 3.05) is 33.2 Å². The molecule has 3 rings (SSSR count). The highest BCUT2D eigenvalue weighted by molar-refractivity contribution is 6.30. The van der Waals surface area contributed by atoms with Gasteiger partial charge in [0, 0.05) is 43.7 Å². The molecule has 0 aliphatic carbocycles. The third kappa shape index (κ3) is 5.25. The second-order valence-corrected chi connectivity index (χ2v) is 7.15. The molecule has 0 bridgehead atoms. The van der Waals surface area contributed by atoms with Crippen molar-refractivity contribution >= 4 is 35.9 Å². The van der Waals surface area contributed by atoms with Crippen LogP contribution in [-0.2, 0) is 14.3 Å². The SMILES string of the molecule is CC(=O)OC(C(=O)N1CCN(C)CC1)c1ccccc1-c1ccc(Cl)cc1.Cl.